The number of ether oxygens (including phenoxy) is 3. The van der Waals surface area contributed by atoms with Gasteiger partial charge in [0.25, 0.3) is 0 Å². The molecule has 1 amide bonds. The zero-order chi connectivity index (χ0) is 21.6. The molecular weight excluding hydrogens is 382 g/mol. The Morgan fingerprint density at radius 1 is 1.07 bits per heavy atom. The molecule has 1 heterocycles. The minimum absolute atomic E-state index is 0.416. The fourth-order valence-electron chi connectivity index (χ4n) is 3.03. The quantitative estimate of drug-likeness (QED) is 0.695. The Morgan fingerprint density at radius 2 is 1.77 bits per heavy atom. The van der Waals surface area contributed by atoms with Gasteiger partial charge in [0.1, 0.15) is 24.1 Å². The van der Waals surface area contributed by atoms with Crippen LogP contribution in [0.1, 0.15) is 31.9 Å². The number of carbonyl (C=O) groups is 2. The molecule has 158 valence electrons. The van der Waals surface area contributed by atoms with E-state index in [4.69, 9.17) is 14.2 Å². The van der Waals surface area contributed by atoms with Crippen molar-refractivity contribution in [1.29, 1.82) is 0 Å². The number of benzene rings is 2. The maximum absolute atomic E-state index is 12.3. The van der Waals surface area contributed by atoms with Crippen molar-refractivity contribution in [3.05, 3.63) is 77.9 Å². The van der Waals surface area contributed by atoms with E-state index in [1.165, 1.54) is 6.08 Å². The van der Waals surface area contributed by atoms with Crippen molar-refractivity contribution in [2.24, 2.45) is 0 Å². The number of esters is 1. The van der Waals surface area contributed by atoms with Crippen LogP contribution in [-0.4, -0.2) is 29.8 Å². The van der Waals surface area contributed by atoms with Gasteiger partial charge in [0.2, 0.25) is 0 Å². The standard InChI is InChI=1S/C24H27NO5/c1-24(2,3)30-23(27)25-20(21-13-14-22(26)29-21)15-17-9-11-19(12-10-17)28-16-18-7-5-4-6-8-18/h4-14,20-21H,15-16H2,1-3H3,(H,25,27)/t20-,21?/m0/s1. The molecule has 1 unspecified atom stereocenters. The molecule has 1 aliphatic heterocycles. The fourth-order valence-corrected chi connectivity index (χ4v) is 3.03. The van der Waals surface area contributed by atoms with Gasteiger partial charge in [0, 0.05) is 6.08 Å². The molecule has 0 saturated heterocycles. The molecule has 6 heteroatoms. The Hall–Kier alpha value is -3.28. The van der Waals surface area contributed by atoms with Gasteiger partial charge in [-0.1, -0.05) is 42.5 Å². The molecule has 6 nitrogen and oxygen atoms in total. The molecule has 1 aliphatic rings. The molecular formula is C24H27NO5. The van der Waals surface area contributed by atoms with Gasteiger partial charge < -0.3 is 19.5 Å². The second kappa shape index (κ2) is 9.48. The Bertz CT molecular complexity index is 884. The van der Waals surface area contributed by atoms with Gasteiger partial charge in [-0.3, -0.25) is 0 Å². The lowest BCUT2D eigenvalue weighted by Crippen LogP contribution is -2.46. The van der Waals surface area contributed by atoms with E-state index in [0.717, 1.165) is 16.9 Å². The zero-order valence-corrected chi connectivity index (χ0v) is 17.5. The third kappa shape index (κ3) is 6.65. The molecule has 0 radical (unpaired) electrons. The van der Waals surface area contributed by atoms with E-state index in [0.29, 0.717) is 13.0 Å². The van der Waals surface area contributed by atoms with E-state index in [1.807, 2.05) is 54.6 Å². The van der Waals surface area contributed by atoms with Gasteiger partial charge in [-0.15, -0.1) is 0 Å². The number of carbonyl (C=O) groups excluding carboxylic acids is 2. The van der Waals surface area contributed by atoms with Crippen molar-refractivity contribution < 1.29 is 23.8 Å². The predicted molar refractivity (Wildman–Crippen MR) is 113 cm³/mol. The highest BCUT2D eigenvalue weighted by molar-refractivity contribution is 5.84. The van der Waals surface area contributed by atoms with Crippen molar-refractivity contribution in [2.45, 2.75) is 51.5 Å². The van der Waals surface area contributed by atoms with Gasteiger partial charge in [-0.2, -0.15) is 0 Å². The first kappa shape index (κ1) is 21.4. The van der Waals surface area contributed by atoms with Crippen LogP contribution in [0, 0.1) is 0 Å². The second-order valence-corrected chi connectivity index (χ2v) is 8.14. The van der Waals surface area contributed by atoms with Crippen molar-refractivity contribution in [2.75, 3.05) is 0 Å². The first-order valence-corrected chi connectivity index (χ1v) is 9.92. The number of cyclic esters (lactones) is 1. The molecule has 0 fully saturated rings. The highest BCUT2D eigenvalue weighted by Crippen LogP contribution is 2.19. The van der Waals surface area contributed by atoms with Crippen LogP contribution < -0.4 is 10.1 Å². The third-order valence-corrected chi connectivity index (χ3v) is 4.40. The summed E-state index contributed by atoms with van der Waals surface area (Å²) in [5.74, 6) is 0.340. The largest absolute Gasteiger partial charge is 0.489 e. The highest BCUT2D eigenvalue weighted by Gasteiger charge is 2.29. The van der Waals surface area contributed by atoms with Crippen LogP contribution >= 0.6 is 0 Å². The van der Waals surface area contributed by atoms with Crippen molar-refractivity contribution in [1.82, 2.24) is 5.32 Å². The number of hydrogen-bond donors (Lipinski definition) is 1. The van der Waals surface area contributed by atoms with Crippen LogP contribution in [0.4, 0.5) is 4.79 Å². The number of amides is 1. The molecule has 2 atom stereocenters. The molecule has 0 aromatic heterocycles. The van der Waals surface area contributed by atoms with Gasteiger partial charge in [-0.25, -0.2) is 9.59 Å². The average molecular weight is 409 g/mol. The van der Waals surface area contributed by atoms with Crippen LogP contribution in [0.5, 0.6) is 5.75 Å². The summed E-state index contributed by atoms with van der Waals surface area (Å²) in [6.45, 7) is 5.88. The minimum atomic E-state index is -0.617. The maximum atomic E-state index is 12.3. The van der Waals surface area contributed by atoms with Crippen molar-refractivity contribution >= 4 is 12.1 Å². The SMILES string of the molecule is CC(C)(C)OC(=O)N[C@@H](Cc1ccc(OCc2ccccc2)cc1)C1C=CC(=O)O1. The van der Waals surface area contributed by atoms with Crippen LogP contribution in [0.3, 0.4) is 0 Å². The fraction of sp³-hybridized carbons (Fsp3) is 0.333. The van der Waals surface area contributed by atoms with Gasteiger partial charge in [0.05, 0.1) is 6.04 Å². The first-order chi connectivity index (χ1) is 14.3. The Morgan fingerprint density at radius 3 is 2.37 bits per heavy atom. The molecule has 2 aromatic carbocycles. The van der Waals surface area contributed by atoms with Crippen LogP contribution in [-0.2, 0) is 27.3 Å². The molecule has 2 aromatic rings. The predicted octanol–water partition coefficient (Wildman–Crippen LogP) is 4.18. The highest BCUT2D eigenvalue weighted by atomic mass is 16.6. The minimum Gasteiger partial charge on any atom is -0.489 e. The smallest absolute Gasteiger partial charge is 0.408 e. The van der Waals surface area contributed by atoms with Gasteiger partial charge in [0.15, 0.2) is 0 Å². The maximum Gasteiger partial charge on any atom is 0.408 e. The summed E-state index contributed by atoms with van der Waals surface area (Å²) in [6.07, 6.45) is 2.41. The van der Waals surface area contributed by atoms with E-state index >= 15 is 0 Å². The summed E-state index contributed by atoms with van der Waals surface area (Å²) in [5, 5.41) is 2.82. The van der Waals surface area contributed by atoms with E-state index < -0.39 is 29.8 Å². The lowest BCUT2D eigenvalue weighted by Gasteiger charge is -2.26. The monoisotopic (exact) mass is 409 g/mol. The summed E-state index contributed by atoms with van der Waals surface area (Å²) < 4.78 is 16.5. The molecule has 0 spiro atoms. The Labute approximate surface area is 176 Å². The van der Waals surface area contributed by atoms with E-state index in [-0.39, 0.29) is 0 Å². The Balaban J connectivity index is 1.62. The summed E-state index contributed by atoms with van der Waals surface area (Å²) in [4.78, 5) is 23.7. The van der Waals surface area contributed by atoms with Crippen molar-refractivity contribution in [3.63, 3.8) is 0 Å². The normalized spacial score (nSPS) is 16.6. The summed E-state index contributed by atoms with van der Waals surface area (Å²) in [6, 6.07) is 17.1. The summed E-state index contributed by atoms with van der Waals surface area (Å²) >= 11 is 0. The van der Waals surface area contributed by atoms with E-state index in [2.05, 4.69) is 5.32 Å². The third-order valence-electron chi connectivity index (χ3n) is 4.40. The van der Waals surface area contributed by atoms with E-state index in [1.54, 1.807) is 26.8 Å². The number of rotatable bonds is 7. The molecule has 3 rings (SSSR count). The first-order valence-electron chi connectivity index (χ1n) is 9.92. The Kier molecular flexibility index (Phi) is 6.77. The summed E-state index contributed by atoms with van der Waals surface area (Å²) in [7, 11) is 0. The molecule has 0 aliphatic carbocycles. The average Bonchev–Trinajstić information content (AvgIpc) is 3.13. The second-order valence-electron chi connectivity index (χ2n) is 8.14. The summed E-state index contributed by atoms with van der Waals surface area (Å²) in [5.41, 5.74) is 1.45. The molecule has 0 bridgehead atoms. The van der Waals surface area contributed by atoms with Gasteiger partial charge >= 0.3 is 12.1 Å². The molecule has 0 saturated carbocycles. The van der Waals surface area contributed by atoms with E-state index in [9.17, 15) is 9.59 Å². The lowest BCUT2D eigenvalue weighted by atomic mass is 10.0. The topological polar surface area (TPSA) is 73.9 Å². The number of nitrogens with one attached hydrogen (secondary N) is 1. The van der Waals surface area contributed by atoms with Crippen LogP contribution in [0.2, 0.25) is 0 Å². The molecule has 1 N–H and O–H groups in total. The number of alkyl carbamates (subject to hydrolysis) is 1. The number of hydrogen-bond acceptors (Lipinski definition) is 5. The molecule has 30 heavy (non-hydrogen) atoms. The zero-order valence-electron chi connectivity index (χ0n) is 17.5. The lowest BCUT2D eigenvalue weighted by molar-refractivity contribution is -0.139. The van der Waals surface area contributed by atoms with Gasteiger partial charge in [-0.05, 0) is 56.5 Å². The van der Waals surface area contributed by atoms with Crippen LogP contribution in [0.25, 0.3) is 0 Å². The van der Waals surface area contributed by atoms with Crippen molar-refractivity contribution in [3.8, 4) is 5.75 Å². The van der Waals surface area contributed by atoms with Crippen LogP contribution in [0.15, 0.2) is 66.7 Å².